The summed E-state index contributed by atoms with van der Waals surface area (Å²) < 4.78 is 13.6. The molecule has 0 fully saturated rings. The Morgan fingerprint density at radius 3 is 2.47 bits per heavy atom. The Balaban J connectivity index is 1.46. The molecule has 0 atom stereocenters. The van der Waals surface area contributed by atoms with Gasteiger partial charge < -0.3 is 14.0 Å². The van der Waals surface area contributed by atoms with Crippen LogP contribution < -0.4 is 9.47 Å². The van der Waals surface area contributed by atoms with Crippen LogP contribution in [0.5, 0.6) is 11.5 Å². The Hall–Kier alpha value is -3.27. The van der Waals surface area contributed by atoms with Gasteiger partial charge in [-0.15, -0.1) is 0 Å². The van der Waals surface area contributed by atoms with Crippen molar-refractivity contribution in [2.45, 2.75) is 33.2 Å². The van der Waals surface area contributed by atoms with Crippen molar-refractivity contribution >= 4 is 11.0 Å². The predicted molar refractivity (Wildman–Crippen MR) is 122 cm³/mol. The van der Waals surface area contributed by atoms with E-state index in [0.717, 1.165) is 47.8 Å². The Morgan fingerprint density at radius 1 is 0.900 bits per heavy atom. The van der Waals surface area contributed by atoms with E-state index in [0.29, 0.717) is 6.61 Å². The number of para-hydroxylation sites is 2. The second-order valence-corrected chi connectivity index (χ2v) is 7.63. The molecule has 30 heavy (non-hydrogen) atoms. The molecule has 0 N–H and O–H groups in total. The first-order chi connectivity index (χ1) is 14.7. The third-order valence-electron chi connectivity index (χ3n) is 5.37. The minimum absolute atomic E-state index is 0.717. The summed E-state index contributed by atoms with van der Waals surface area (Å²) >= 11 is 0. The minimum Gasteiger partial charge on any atom is -0.497 e. The molecule has 0 aliphatic rings. The Kier molecular flexibility index (Phi) is 6.03. The highest BCUT2D eigenvalue weighted by atomic mass is 16.5. The fourth-order valence-corrected chi connectivity index (χ4v) is 3.78. The summed E-state index contributed by atoms with van der Waals surface area (Å²) in [5, 5.41) is 0. The molecule has 154 valence electrons. The molecule has 0 saturated carbocycles. The molecule has 0 aliphatic carbocycles. The van der Waals surface area contributed by atoms with E-state index in [4.69, 9.17) is 14.5 Å². The van der Waals surface area contributed by atoms with E-state index in [-0.39, 0.29) is 0 Å². The Morgan fingerprint density at radius 2 is 1.70 bits per heavy atom. The number of aryl methyl sites for hydroxylation is 3. The van der Waals surface area contributed by atoms with Crippen molar-refractivity contribution in [1.82, 2.24) is 9.55 Å². The van der Waals surface area contributed by atoms with Gasteiger partial charge in [0.05, 0.1) is 24.8 Å². The van der Waals surface area contributed by atoms with Gasteiger partial charge in [-0.1, -0.05) is 29.8 Å². The van der Waals surface area contributed by atoms with Crippen LogP contribution in [0, 0.1) is 13.8 Å². The summed E-state index contributed by atoms with van der Waals surface area (Å²) in [5.41, 5.74) is 5.74. The maximum atomic E-state index is 6.00. The molecule has 0 unspecified atom stereocenters. The van der Waals surface area contributed by atoms with E-state index in [1.54, 1.807) is 7.11 Å². The molecule has 0 saturated heterocycles. The number of imidazole rings is 1. The molecule has 4 nitrogen and oxygen atoms in total. The molecule has 0 amide bonds. The monoisotopic (exact) mass is 400 g/mol. The van der Waals surface area contributed by atoms with Gasteiger partial charge in [-0.05, 0) is 74.7 Å². The molecule has 3 aromatic carbocycles. The van der Waals surface area contributed by atoms with Gasteiger partial charge in [0.2, 0.25) is 0 Å². The molecule has 0 radical (unpaired) electrons. The normalized spacial score (nSPS) is 11.0. The molecule has 1 aromatic heterocycles. The third kappa shape index (κ3) is 4.33. The van der Waals surface area contributed by atoms with Gasteiger partial charge in [0.15, 0.2) is 0 Å². The molecule has 4 rings (SSSR count). The Labute approximate surface area is 178 Å². The summed E-state index contributed by atoms with van der Waals surface area (Å²) in [7, 11) is 1.68. The fraction of sp³-hybridized carbons (Fsp3) is 0.269. The van der Waals surface area contributed by atoms with Gasteiger partial charge in [0, 0.05) is 12.1 Å². The van der Waals surface area contributed by atoms with Gasteiger partial charge >= 0.3 is 0 Å². The number of ether oxygens (including phenoxy) is 2. The number of rotatable bonds is 8. The lowest BCUT2D eigenvalue weighted by Crippen LogP contribution is -2.04. The molecule has 0 aliphatic heterocycles. The highest BCUT2D eigenvalue weighted by molar-refractivity contribution is 5.80. The summed E-state index contributed by atoms with van der Waals surface area (Å²) in [6.45, 7) is 5.82. The lowest BCUT2D eigenvalue weighted by Gasteiger charge is -2.12. The zero-order chi connectivity index (χ0) is 20.9. The lowest BCUT2D eigenvalue weighted by molar-refractivity contribution is 0.301. The number of methoxy groups -OCH3 is 1. The molecule has 4 heteroatoms. The standard InChI is InChI=1S/C26H28N2O2/c1-19-10-15-25(20(2)18-19)30-17-7-6-16-28-24-9-5-4-8-23(24)27-26(28)21-11-13-22(29-3)14-12-21/h4-5,8-15,18H,6-7,16-17H2,1-3H3. The third-order valence-corrected chi connectivity index (χ3v) is 5.37. The number of nitrogens with zero attached hydrogens (tertiary/aromatic N) is 2. The van der Waals surface area contributed by atoms with Crippen LogP contribution in [0.25, 0.3) is 22.4 Å². The van der Waals surface area contributed by atoms with Crippen molar-refractivity contribution in [3.8, 4) is 22.9 Å². The van der Waals surface area contributed by atoms with Gasteiger partial charge in [0.1, 0.15) is 17.3 Å². The van der Waals surface area contributed by atoms with Crippen LogP contribution in [0.2, 0.25) is 0 Å². The summed E-state index contributed by atoms with van der Waals surface area (Å²) in [5.74, 6) is 2.83. The van der Waals surface area contributed by atoms with Gasteiger partial charge in [-0.25, -0.2) is 4.98 Å². The minimum atomic E-state index is 0.717. The predicted octanol–water partition coefficient (Wildman–Crippen LogP) is 6.19. The van der Waals surface area contributed by atoms with Crippen molar-refractivity contribution in [1.29, 1.82) is 0 Å². The summed E-state index contributed by atoms with van der Waals surface area (Å²) in [6, 6.07) is 22.7. The van der Waals surface area contributed by atoms with Crippen molar-refractivity contribution < 1.29 is 9.47 Å². The van der Waals surface area contributed by atoms with Crippen molar-refractivity contribution in [3.63, 3.8) is 0 Å². The molecular formula is C26H28N2O2. The van der Waals surface area contributed by atoms with Crippen LogP contribution in [-0.2, 0) is 6.54 Å². The van der Waals surface area contributed by atoms with E-state index in [9.17, 15) is 0 Å². The highest BCUT2D eigenvalue weighted by Crippen LogP contribution is 2.27. The first-order valence-electron chi connectivity index (χ1n) is 10.5. The van der Waals surface area contributed by atoms with Crippen molar-refractivity contribution in [2.75, 3.05) is 13.7 Å². The summed E-state index contributed by atoms with van der Waals surface area (Å²) in [4.78, 5) is 4.90. The topological polar surface area (TPSA) is 36.3 Å². The van der Waals surface area contributed by atoms with Crippen LogP contribution in [0.15, 0.2) is 66.7 Å². The number of hydrogen-bond acceptors (Lipinski definition) is 3. The van der Waals surface area contributed by atoms with Crippen molar-refractivity contribution in [2.24, 2.45) is 0 Å². The smallest absolute Gasteiger partial charge is 0.141 e. The average molecular weight is 401 g/mol. The molecule has 0 spiro atoms. The van der Waals surface area contributed by atoms with Crippen LogP contribution in [-0.4, -0.2) is 23.3 Å². The lowest BCUT2D eigenvalue weighted by atomic mass is 10.1. The zero-order valence-electron chi connectivity index (χ0n) is 17.9. The van der Waals surface area contributed by atoms with Crippen LogP contribution >= 0.6 is 0 Å². The second-order valence-electron chi connectivity index (χ2n) is 7.63. The van der Waals surface area contributed by atoms with E-state index < -0.39 is 0 Å². The van der Waals surface area contributed by atoms with Crippen LogP contribution in [0.4, 0.5) is 0 Å². The maximum absolute atomic E-state index is 6.00. The molecular weight excluding hydrogens is 372 g/mol. The van der Waals surface area contributed by atoms with Crippen LogP contribution in [0.3, 0.4) is 0 Å². The first kappa shape index (κ1) is 20.0. The average Bonchev–Trinajstić information content (AvgIpc) is 3.13. The largest absolute Gasteiger partial charge is 0.497 e. The number of unbranched alkanes of at least 4 members (excludes halogenated alkanes) is 1. The maximum Gasteiger partial charge on any atom is 0.141 e. The van der Waals surface area contributed by atoms with E-state index >= 15 is 0 Å². The second kappa shape index (κ2) is 9.04. The van der Waals surface area contributed by atoms with Crippen molar-refractivity contribution in [3.05, 3.63) is 77.9 Å². The SMILES string of the molecule is COc1ccc(-c2nc3ccccc3n2CCCCOc2ccc(C)cc2C)cc1. The van der Waals surface area contributed by atoms with Gasteiger partial charge in [0.25, 0.3) is 0 Å². The number of benzene rings is 3. The number of fused-ring (bicyclic) bond motifs is 1. The van der Waals surface area contributed by atoms with E-state index in [1.807, 2.05) is 18.2 Å². The molecule has 0 bridgehead atoms. The Bertz CT molecular complexity index is 1130. The van der Waals surface area contributed by atoms with Crippen LogP contribution in [0.1, 0.15) is 24.0 Å². The molecule has 1 heterocycles. The highest BCUT2D eigenvalue weighted by Gasteiger charge is 2.12. The first-order valence-corrected chi connectivity index (χ1v) is 10.5. The molecule has 4 aromatic rings. The van der Waals surface area contributed by atoms with Gasteiger partial charge in [-0.2, -0.15) is 0 Å². The number of aromatic nitrogens is 2. The quantitative estimate of drug-likeness (QED) is 0.331. The summed E-state index contributed by atoms with van der Waals surface area (Å²) in [6.07, 6.45) is 2.01. The fourth-order valence-electron chi connectivity index (χ4n) is 3.78. The number of hydrogen-bond donors (Lipinski definition) is 0. The zero-order valence-corrected chi connectivity index (χ0v) is 17.9. The van der Waals surface area contributed by atoms with E-state index in [2.05, 4.69) is 66.9 Å². The van der Waals surface area contributed by atoms with Gasteiger partial charge in [-0.3, -0.25) is 0 Å². The van der Waals surface area contributed by atoms with E-state index in [1.165, 1.54) is 16.6 Å².